The standard InChI is InChI=1S/C10H12N5O7PS/c1-13-7(3-11-9(13)14(16)17)5-21-23(2,20)22-6-8-4-12-10(24-8)15(18)19/h3-4H,5-6H2,1-2H3. The Morgan fingerprint density at radius 2 is 1.88 bits per heavy atom. The van der Waals surface area contributed by atoms with Gasteiger partial charge in [0.2, 0.25) is 0 Å². The van der Waals surface area contributed by atoms with Gasteiger partial charge in [-0.2, -0.15) is 0 Å². The fraction of sp³-hybridized carbons (Fsp3) is 0.400. The van der Waals surface area contributed by atoms with Crippen LogP contribution < -0.4 is 0 Å². The lowest BCUT2D eigenvalue weighted by Gasteiger charge is -2.12. The van der Waals surface area contributed by atoms with Crippen LogP contribution in [0.15, 0.2) is 12.4 Å². The molecule has 2 aromatic rings. The van der Waals surface area contributed by atoms with Crippen LogP contribution in [0.4, 0.5) is 11.1 Å². The first kappa shape index (κ1) is 18.1. The molecule has 0 bridgehead atoms. The van der Waals surface area contributed by atoms with Crippen molar-refractivity contribution in [2.75, 3.05) is 6.66 Å². The molecular weight excluding hydrogens is 365 g/mol. The van der Waals surface area contributed by atoms with Gasteiger partial charge in [-0.25, -0.2) is 4.57 Å². The summed E-state index contributed by atoms with van der Waals surface area (Å²) in [6.45, 7) is 0.867. The number of aromatic nitrogens is 3. The van der Waals surface area contributed by atoms with Crippen molar-refractivity contribution < 1.29 is 23.5 Å². The topological polar surface area (TPSA) is 153 Å². The minimum Gasteiger partial charge on any atom is -0.390 e. The van der Waals surface area contributed by atoms with Crippen molar-refractivity contribution in [2.45, 2.75) is 13.2 Å². The molecule has 0 fully saturated rings. The minimum atomic E-state index is -3.47. The fourth-order valence-corrected chi connectivity index (χ4v) is 3.13. The Balaban J connectivity index is 1.92. The van der Waals surface area contributed by atoms with Gasteiger partial charge in [0.1, 0.15) is 18.5 Å². The first-order valence-electron chi connectivity index (χ1n) is 6.30. The van der Waals surface area contributed by atoms with Crippen molar-refractivity contribution >= 4 is 30.0 Å². The summed E-state index contributed by atoms with van der Waals surface area (Å²) in [6, 6.07) is 0. The van der Waals surface area contributed by atoms with E-state index in [1.807, 2.05) is 0 Å². The maximum Gasteiger partial charge on any atom is 0.434 e. The summed E-state index contributed by atoms with van der Waals surface area (Å²) in [5, 5.41) is 20.9. The van der Waals surface area contributed by atoms with Gasteiger partial charge < -0.3 is 29.3 Å². The molecule has 24 heavy (non-hydrogen) atoms. The number of nitro groups is 2. The van der Waals surface area contributed by atoms with Crippen molar-refractivity contribution in [1.29, 1.82) is 0 Å². The van der Waals surface area contributed by atoms with Crippen LogP contribution in [0.1, 0.15) is 10.6 Å². The average Bonchev–Trinajstić information content (AvgIpc) is 3.10. The molecule has 2 aromatic heterocycles. The molecule has 12 nitrogen and oxygen atoms in total. The monoisotopic (exact) mass is 377 g/mol. The van der Waals surface area contributed by atoms with E-state index in [1.54, 1.807) is 0 Å². The molecule has 0 aliphatic heterocycles. The van der Waals surface area contributed by atoms with Crippen LogP contribution in [0.2, 0.25) is 0 Å². The van der Waals surface area contributed by atoms with Crippen LogP contribution in [-0.2, 0) is 33.9 Å². The van der Waals surface area contributed by atoms with Crippen LogP contribution >= 0.6 is 18.9 Å². The van der Waals surface area contributed by atoms with Gasteiger partial charge in [0.15, 0.2) is 6.20 Å². The SMILES string of the molecule is Cn1c(COP(C)(=O)OCc2cnc([N+](=O)[O-])s2)cnc1[N+](=O)[O-]. The largest absolute Gasteiger partial charge is 0.434 e. The molecule has 0 amide bonds. The number of nitrogens with zero attached hydrogens (tertiary/aromatic N) is 5. The Labute approximate surface area is 138 Å². The van der Waals surface area contributed by atoms with E-state index >= 15 is 0 Å². The second-order valence-electron chi connectivity index (χ2n) is 4.55. The molecule has 2 rings (SSSR count). The lowest BCUT2D eigenvalue weighted by Crippen LogP contribution is -2.03. The van der Waals surface area contributed by atoms with E-state index in [-0.39, 0.29) is 24.3 Å². The first-order valence-corrected chi connectivity index (χ1v) is 9.11. The van der Waals surface area contributed by atoms with Crippen molar-refractivity contribution in [2.24, 2.45) is 7.05 Å². The van der Waals surface area contributed by atoms with E-state index < -0.39 is 17.4 Å². The van der Waals surface area contributed by atoms with Gasteiger partial charge in [-0.05, 0) is 26.2 Å². The summed E-state index contributed by atoms with van der Waals surface area (Å²) < 4.78 is 23.7. The number of hydrogen-bond donors (Lipinski definition) is 0. The molecule has 0 aliphatic rings. The summed E-state index contributed by atoms with van der Waals surface area (Å²) >= 11 is 0.804. The van der Waals surface area contributed by atoms with E-state index in [0.29, 0.717) is 10.6 Å². The number of rotatable bonds is 8. The lowest BCUT2D eigenvalue weighted by atomic mass is 10.5. The fourth-order valence-electron chi connectivity index (χ4n) is 1.59. The predicted molar refractivity (Wildman–Crippen MR) is 81.7 cm³/mol. The summed E-state index contributed by atoms with van der Waals surface area (Å²) in [5.41, 5.74) is 0.348. The van der Waals surface area contributed by atoms with E-state index in [1.165, 1.54) is 30.7 Å². The van der Waals surface area contributed by atoms with Gasteiger partial charge >= 0.3 is 18.7 Å². The molecule has 0 aliphatic carbocycles. The Hall–Kier alpha value is -2.21. The van der Waals surface area contributed by atoms with Crippen LogP contribution in [0.5, 0.6) is 0 Å². The molecule has 0 aromatic carbocycles. The third-order valence-electron chi connectivity index (χ3n) is 2.81. The van der Waals surface area contributed by atoms with Gasteiger partial charge in [-0.15, -0.1) is 0 Å². The maximum absolute atomic E-state index is 12.2. The van der Waals surface area contributed by atoms with E-state index in [4.69, 9.17) is 9.05 Å². The highest BCUT2D eigenvalue weighted by molar-refractivity contribution is 7.52. The van der Waals surface area contributed by atoms with Crippen molar-refractivity contribution in [3.63, 3.8) is 0 Å². The first-order chi connectivity index (χ1) is 11.2. The summed E-state index contributed by atoms with van der Waals surface area (Å²) in [6.07, 6.45) is 2.50. The van der Waals surface area contributed by atoms with Gasteiger partial charge in [-0.1, -0.05) is 4.98 Å². The molecule has 2 heterocycles. The second-order valence-corrected chi connectivity index (χ2v) is 7.70. The Morgan fingerprint density at radius 3 is 2.42 bits per heavy atom. The minimum absolute atomic E-state index is 0.162. The normalized spacial score (nSPS) is 13.6. The zero-order valence-corrected chi connectivity index (χ0v) is 14.2. The van der Waals surface area contributed by atoms with E-state index in [0.717, 1.165) is 11.3 Å². The molecule has 0 saturated carbocycles. The molecule has 130 valence electrons. The van der Waals surface area contributed by atoms with Crippen LogP contribution in [0, 0.1) is 20.2 Å². The summed E-state index contributed by atoms with van der Waals surface area (Å²) in [7, 11) is -2.04. The van der Waals surface area contributed by atoms with Gasteiger partial charge in [0, 0.05) is 6.66 Å². The molecular formula is C10H12N5O7PS. The molecule has 1 atom stereocenters. The molecule has 0 saturated heterocycles. The van der Waals surface area contributed by atoms with Gasteiger partial charge in [-0.3, -0.25) is 4.57 Å². The van der Waals surface area contributed by atoms with E-state index in [2.05, 4.69) is 9.97 Å². The summed E-state index contributed by atoms with van der Waals surface area (Å²) in [4.78, 5) is 27.6. The van der Waals surface area contributed by atoms with Gasteiger partial charge in [0.25, 0.3) is 0 Å². The maximum atomic E-state index is 12.2. The Bertz CT molecular complexity index is 818. The molecule has 0 N–H and O–H groups in total. The highest BCUT2D eigenvalue weighted by Gasteiger charge is 2.23. The predicted octanol–water partition coefficient (Wildman–Crippen LogP) is 2.25. The smallest absolute Gasteiger partial charge is 0.390 e. The second kappa shape index (κ2) is 7.13. The highest BCUT2D eigenvalue weighted by atomic mass is 32.1. The lowest BCUT2D eigenvalue weighted by molar-refractivity contribution is -0.396. The Kier molecular flexibility index (Phi) is 5.39. The third-order valence-corrected chi connectivity index (χ3v) is 4.93. The number of thiazole rings is 1. The summed E-state index contributed by atoms with van der Waals surface area (Å²) in [5.74, 6) is -0.363. The number of imidazole rings is 1. The molecule has 1 unspecified atom stereocenters. The molecule has 0 spiro atoms. The zero-order valence-electron chi connectivity index (χ0n) is 12.5. The third kappa shape index (κ3) is 4.41. The van der Waals surface area contributed by atoms with Crippen molar-refractivity contribution in [3.05, 3.63) is 43.2 Å². The van der Waals surface area contributed by atoms with Crippen LogP contribution in [0.25, 0.3) is 0 Å². The molecule has 0 radical (unpaired) electrons. The number of hydrogen-bond acceptors (Lipinski definition) is 10. The van der Waals surface area contributed by atoms with E-state index in [9.17, 15) is 24.8 Å². The van der Waals surface area contributed by atoms with Crippen LogP contribution in [0.3, 0.4) is 0 Å². The highest BCUT2D eigenvalue weighted by Crippen LogP contribution is 2.46. The molecule has 14 heteroatoms. The van der Waals surface area contributed by atoms with Crippen molar-refractivity contribution in [1.82, 2.24) is 14.5 Å². The zero-order chi connectivity index (χ0) is 17.9. The Morgan fingerprint density at radius 1 is 1.21 bits per heavy atom. The van der Waals surface area contributed by atoms with Crippen molar-refractivity contribution in [3.8, 4) is 0 Å². The average molecular weight is 377 g/mol. The quantitative estimate of drug-likeness (QED) is 0.383. The van der Waals surface area contributed by atoms with Gasteiger partial charge in [0.05, 0.1) is 18.5 Å². The van der Waals surface area contributed by atoms with Crippen LogP contribution in [-0.4, -0.2) is 31.0 Å².